The van der Waals surface area contributed by atoms with Gasteiger partial charge in [-0.25, -0.2) is 4.68 Å². The van der Waals surface area contributed by atoms with Crippen molar-refractivity contribution in [3.05, 3.63) is 70.9 Å². The highest BCUT2D eigenvalue weighted by Gasteiger charge is 2.25. The van der Waals surface area contributed by atoms with Gasteiger partial charge < -0.3 is 9.64 Å². The molecule has 27 heavy (non-hydrogen) atoms. The molecule has 0 aliphatic carbocycles. The van der Waals surface area contributed by atoms with E-state index in [0.717, 1.165) is 6.42 Å². The molecule has 1 saturated heterocycles. The number of hydrogen-bond donors (Lipinski definition) is 1. The third kappa shape index (κ3) is 3.85. The first kappa shape index (κ1) is 17.3. The summed E-state index contributed by atoms with van der Waals surface area (Å²) in [6.07, 6.45) is 4.21. The van der Waals surface area contributed by atoms with Crippen LogP contribution in [0.1, 0.15) is 16.9 Å². The van der Waals surface area contributed by atoms with E-state index in [9.17, 15) is 9.59 Å². The van der Waals surface area contributed by atoms with Gasteiger partial charge in [-0.1, -0.05) is 18.2 Å². The molecule has 1 amide bonds. The van der Waals surface area contributed by atoms with Crippen LogP contribution in [0.3, 0.4) is 0 Å². The highest BCUT2D eigenvalue weighted by Crippen LogP contribution is 2.12. The molecule has 1 aliphatic heterocycles. The minimum Gasteiger partial charge on any atom is -0.374 e. The van der Waals surface area contributed by atoms with Crippen LogP contribution in [-0.2, 0) is 11.3 Å². The second kappa shape index (κ2) is 7.63. The molecule has 8 heteroatoms. The number of nitrogens with one attached hydrogen (secondary N) is 1. The number of carbonyl (C=O) groups is 1. The standard InChI is InChI=1S/C19H21N5O3/c25-18-12-17(21-24(18)15-6-2-1-3-7-15)19(26)22-9-5-11-27-16(13-22)14-23-10-4-8-20-23/h1-4,6-8,10,12,16,21H,5,9,11,13-14H2/t16-/m1/s1. The highest BCUT2D eigenvalue weighted by molar-refractivity contribution is 5.92. The molecule has 3 heterocycles. The number of H-pyrrole nitrogens is 1. The summed E-state index contributed by atoms with van der Waals surface area (Å²) in [4.78, 5) is 27.0. The summed E-state index contributed by atoms with van der Waals surface area (Å²) < 4.78 is 9.03. The Morgan fingerprint density at radius 1 is 1.26 bits per heavy atom. The number of ether oxygens (including phenoxy) is 1. The molecular formula is C19H21N5O3. The number of nitrogens with zero attached hydrogens (tertiary/aromatic N) is 4. The van der Waals surface area contributed by atoms with Crippen molar-refractivity contribution in [2.24, 2.45) is 0 Å². The molecule has 1 aliphatic rings. The van der Waals surface area contributed by atoms with E-state index >= 15 is 0 Å². The van der Waals surface area contributed by atoms with E-state index in [2.05, 4.69) is 10.2 Å². The Morgan fingerprint density at radius 2 is 2.11 bits per heavy atom. The van der Waals surface area contributed by atoms with Crippen LogP contribution in [0.2, 0.25) is 0 Å². The molecule has 1 fully saturated rings. The van der Waals surface area contributed by atoms with Gasteiger partial charge >= 0.3 is 0 Å². The highest BCUT2D eigenvalue weighted by atomic mass is 16.5. The summed E-state index contributed by atoms with van der Waals surface area (Å²) in [6, 6.07) is 12.4. The maximum atomic E-state index is 13.0. The van der Waals surface area contributed by atoms with Crippen molar-refractivity contribution in [3.8, 4) is 5.69 Å². The summed E-state index contributed by atoms with van der Waals surface area (Å²) in [5, 5.41) is 7.13. The largest absolute Gasteiger partial charge is 0.374 e. The Labute approximate surface area is 156 Å². The van der Waals surface area contributed by atoms with Crippen LogP contribution in [0.5, 0.6) is 0 Å². The van der Waals surface area contributed by atoms with Crippen LogP contribution in [0.4, 0.5) is 0 Å². The maximum Gasteiger partial charge on any atom is 0.272 e. The van der Waals surface area contributed by atoms with Gasteiger partial charge in [0.1, 0.15) is 5.69 Å². The van der Waals surface area contributed by atoms with Gasteiger partial charge in [-0.15, -0.1) is 0 Å². The van der Waals surface area contributed by atoms with Crippen molar-refractivity contribution in [2.45, 2.75) is 19.1 Å². The summed E-state index contributed by atoms with van der Waals surface area (Å²) in [5.74, 6) is -0.197. The zero-order valence-electron chi connectivity index (χ0n) is 14.8. The van der Waals surface area contributed by atoms with Crippen LogP contribution in [0, 0.1) is 0 Å². The molecule has 4 rings (SSSR count). The Hall–Kier alpha value is -3.13. The number of aromatic amines is 1. The predicted octanol–water partition coefficient (Wildman–Crippen LogP) is 1.29. The molecule has 0 spiro atoms. The monoisotopic (exact) mass is 367 g/mol. The predicted molar refractivity (Wildman–Crippen MR) is 98.9 cm³/mol. The van der Waals surface area contributed by atoms with Gasteiger partial charge in [-0.05, 0) is 24.6 Å². The lowest BCUT2D eigenvalue weighted by atomic mass is 10.3. The fourth-order valence-electron chi connectivity index (χ4n) is 3.25. The van der Waals surface area contributed by atoms with Gasteiger partial charge in [-0.2, -0.15) is 5.10 Å². The van der Waals surface area contributed by atoms with E-state index in [0.29, 0.717) is 31.9 Å². The van der Waals surface area contributed by atoms with E-state index in [1.807, 2.05) is 42.6 Å². The normalized spacial score (nSPS) is 17.6. The number of amides is 1. The second-order valence-corrected chi connectivity index (χ2v) is 6.50. The molecule has 8 nitrogen and oxygen atoms in total. The minimum atomic E-state index is -0.260. The average Bonchev–Trinajstić information content (AvgIpc) is 3.27. The molecule has 0 radical (unpaired) electrons. The molecule has 0 bridgehead atoms. The number of benzene rings is 1. The van der Waals surface area contributed by atoms with E-state index in [4.69, 9.17) is 4.74 Å². The third-order valence-electron chi connectivity index (χ3n) is 4.55. The first-order chi connectivity index (χ1) is 13.2. The fraction of sp³-hybridized carbons (Fsp3) is 0.316. The molecule has 0 unspecified atom stereocenters. The number of carbonyl (C=O) groups excluding carboxylic acids is 1. The Bertz CT molecular complexity index is 945. The smallest absolute Gasteiger partial charge is 0.272 e. The van der Waals surface area contributed by atoms with Crippen LogP contribution in [0.25, 0.3) is 5.69 Å². The van der Waals surface area contributed by atoms with Gasteiger partial charge in [0.25, 0.3) is 11.5 Å². The van der Waals surface area contributed by atoms with Crippen molar-refractivity contribution < 1.29 is 9.53 Å². The number of para-hydroxylation sites is 1. The minimum absolute atomic E-state index is 0.140. The van der Waals surface area contributed by atoms with Crippen molar-refractivity contribution in [2.75, 3.05) is 19.7 Å². The lowest BCUT2D eigenvalue weighted by Crippen LogP contribution is -2.38. The van der Waals surface area contributed by atoms with Crippen molar-refractivity contribution in [1.82, 2.24) is 24.5 Å². The van der Waals surface area contributed by atoms with Gasteiger partial charge in [0.2, 0.25) is 0 Å². The van der Waals surface area contributed by atoms with Crippen LogP contribution in [0.15, 0.2) is 59.7 Å². The topological polar surface area (TPSA) is 85.1 Å². The Kier molecular flexibility index (Phi) is 4.88. The zero-order chi connectivity index (χ0) is 18.6. The van der Waals surface area contributed by atoms with Crippen LogP contribution >= 0.6 is 0 Å². The first-order valence-corrected chi connectivity index (χ1v) is 8.96. The zero-order valence-corrected chi connectivity index (χ0v) is 14.8. The SMILES string of the molecule is O=C(c1cc(=O)n(-c2ccccc2)[nH]1)N1CCCO[C@@H](Cn2cccn2)C1. The van der Waals surface area contributed by atoms with Gasteiger partial charge in [0, 0.05) is 38.2 Å². The van der Waals surface area contributed by atoms with Crippen molar-refractivity contribution >= 4 is 5.91 Å². The van der Waals surface area contributed by atoms with E-state index in [1.165, 1.54) is 10.7 Å². The fourth-order valence-corrected chi connectivity index (χ4v) is 3.25. The molecule has 1 aromatic carbocycles. The third-order valence-corrected chi connectivity index (χ3v) is 4.55. The van der Waals surface area contributed by atoms with Crippen LogP contribution in [-0.4, -0.2) is 56.2 Å². The maximum absolute atomic E-state index is 13.0. The molecule has 3 aromatic rings. The first-order valence-electron chi connectivity index (χ1n) is 8.96. The summed E-state index contributed by atoms with van der Waals surface area (Å²) in [5.41, 5.74) is 0.713. The molecule has 2 aromatic heterocycles. The molecule has 1 atom stereocenters. The average molecular weight is 367 g/mol. The van der Waals surface area contributed by atoms with Gasteiger partial charge in [0.15, 0.2) is 0 Å². The van der Waals surface area contributed by atoms with E-state index in [-0.39, 0.29) is 23.3 Å². The van der Waals surface area contributed by atoms with E-state index in [1.54, 1.807) is 15.8 Å². The molecule has 0 saturated carbocycles. The number of hydrogen-bond acceptors (Lipinski definition) is 4. The quantitative estimate of drug-likeness (QED) is 0.753. The lowest BCUT2D eigenvalue weighted by Gasteiger charge is -2.23. The Morgan fingerprint density at radius 3 is 2.89 bits per heavy atom. The second-order valence-electron chi connectivity index (χ2n) is 6.50. The van der Waals surface area contributed by atoms with Gasteiger partial charge in [-0.3, -0.25) is 19.4 Å². The molecule has 1 N–H and O–H groups in total. The van der Waals surface area contributed by atoms with Crippen LogP contribution < -0.4 is 5.56 Å². The Balaban J connectivity index is 1.52. The van der Waals surface area contributed by atoms with E-state index < -0.39 is 0 Å². The molecular weight excluding hydrogens is 346 g/mol. The van der Waals surface area contributed by atoms with Crippen molar-refractivity contribution in [3.63, 3.8) is 0 Å². The van der Waals surface area contributed by atoms with Crippen molar-refractivity contribution in [1.29, 1.82) is 0 Å². The number of aromatic nitrogens is 4. The van der Waals surface area contributed by atoms with Gasteiger partial charge in [0.05, 0.1) is 18.3 Å². The summed E-state index contributed by atoms with van der Waals surface area (Å²) in [6.45, 7) is 2.22. The summed E-state index contributed by atoms with van der Waals surface area (Å²) >= 11 is 0. The summed E-state index contributed by atoms with van der Waals surface area (Å²) in [7, 11) is 0. The molecule has 140 valence electrons. The lowest BCUT2D eigenvalue weighted by molar-refractivity contribution is 0.0365. The number of rotatable bonds is 4.